The molecule has 0 bridgehead atoms. The van der Waals surface area contributed by atoms with E-state index in [2.05, 4.69) is 9.47 Å². The van der Waals surface area contributed by atoms with Gasteiger partial charge in [0.25, 0.3) is 5.41 Å². The maximum Gasteiger partial charge on any atom is 0.335 e. The number of hydrogen-bond donors (Lipinski definition) is 2. The number of carbonyl (C=O) groups is 4. The molecule has 8 heteroatoms. The van der Waals surface area contributed by atoms with E-state index in [0.29, 0.717) is 0 Å². The van der Waals surface area contributed by atoms with Gasteiger partial charge in [0.2, 0.25) is 0 Å². The van der Waals surface area contributed by atoms with E-state index >= 15 is 0 Å². The van der Waals surface area contributed by atoms with Crippen LogP contribution in [0.15, 0.2) is 0 Å². The van der Waals surface area contributed by atoms with Gasteiger partial charge in [0.1, 0.15) is 0 Å². The molecule has 0 saturated heterocycles. The molecule has 102 valence electrons. The third-order valence-electron chi connectivity index (χ3n) is 2.07. The Kier molecular flexibility index (Phi) is 5.80. The molecule has 0 atom stereocenters. The van der Waals surface area contributed by atoms with Gasteiger partial charge in [-0.15, -0.1) is 0 Å². The molecule has 0 fully saturated rings. The van der Waals surface area contributed by atoms with Crippen LogP contribution in [-0.2, 0) is 28.7 Å². The minimum atomic E-state index is -2.97. The summed E-state index contributed by atoms with van der Waals surface area (Å²) in [6.07, 6.45) is -1.12. The highest BCUT2D eigenvalue weighted by Gasteiger charge is 2.57. The largest absolute Gasteiger partial charge is 0.480 e. The van der Waals surface area contributed by atoms with Gasteiger partial charge in [-0.3, -0.25) is 19.2 Å². The molecule has 0 unspecified atom stereocenters. The molecule has 18 heavy (non-hydrogen) atoms. The maximum atomic E-state index is 11.5. The lowest BCUT2D eigenvalue weighted by Gasteiger charge is -2.21. The minimum absolute atomic E-state index is 0.0586. The predicted molar refractivity (Wildman–Crippen MR) is 55.6 cm³/mol. The first kappa shape index (κ1) is 15.9. The molecule has 0 saturated carbocycles. The molecule has 0 aromatic heterocycles. The summed E-state index contributed by atoms with van der Waals surface area (Å²) >= 11 is 0. The second-order valence-electron chi connectivity index (χ2n) is 3.22. The Morgan fingerprint density at radius 3 is 1.72 bits per heavy atom. The van der Waals surface area contributed by atoms with Crippen molar-refractivity contribution >= 4 is 23.9 Å². The van der Waals surface area contributed by atoms with Gasteiger partial charge in [-0.2, -0.15) is 0 Å². The van der Waals surface area contributed by atoms with Crippen molar-refractivity contribution in [2.75, 3.05) is 13.2 Å². The zero-order valence-electron chi connectivity index (χ0n) is 9.97. The zero-order chi connectivity index (χ0) is 14.3. The van der Waals surface area contributed by atoms with Gasteiger partial charge in [-0.1, -0.05) is 0 Å². The second kappa shape index (κ2) is 6.58. The Morgan fingerprint density at radius 1 is 0.944 bits per heavy atom. The lowest BCUT2D eigenvalue weighted by atomic mass is 9.84. The van der Waals surface area contributed by atoms with E-state index in [-0.39, 0.29) is 13.2 Å². The summed E-state index contributed by atoms with van der Waals surface area (Å²) in [6.45, 7) is 2.59. The van der Waals surface area contributed by atoms with Crippen molar-refractivity contribution in [1.82, 2.24) is 0 Å². The lowest BCUT2D eigenvalue weighted by molar-refractivity contribution is -0.183. The third kappa shape index (κ3) is 3.19. The number of rotatable bonds is 7. The van der Waals surface area contributed by atoms with Crippen LogP contribution in [0.5, 0.6) is 0 Å². The molecule has 0 heterocycles. The molecule has 0 spiro atoms. The highest BCUT2D eigenvalue weighted by atomic mass is 16.5. The summed E-state index contributed by atoms with van der Waals surface area (Å²) in [5.74, 6) is -6.54. The molecule has 0 radical (unpaired) electrons. The highest BCUT2D eigenvalue weighted by Crippen LogP contribution is 2.26. The zero-order valence-corrected chi connectivity index (χ0v) is 9.97. The molecular formula is C10H14O8. The van der Waals surface area contributed by atoms with Crippen LogP contribution in [0, 0.1) is 5.41 Å². The van der Waals surface area contributed by atoms with Crippen LogP contribution < -0.4 is 0 Å². The van der Waals surface area contributed by atoms with Crippen molar-refractivity contribution in [2.45, 2.75) is 20.3 Å². The summed E-state index contributed by atoms with van der Waals surface area (Å²) < 4.78 is 8.85. The van der Waals surface area contributed by atoms with Gasteiger partial charge in [0.15, 0.2) is 0 Å². The first-order chi connectivity index (χ1) is 8.32. The van der Waals surface area contributed by atoms with Gasteiger partial charge in [-0.25, -0.2) is 0 Å². The van der Waals surface area contributed by atoms with Crippen molar-refractivity contribution in [2.24, 2.45) is 5.41 Å². The van der Waals surface area contributed by atoms with Gasteiger partial charge >= 0.3 is 23.9 Å². The average molecular weight is 262 g/mol. The summed E-state index contributed by atoms with van der Waals surface area (Å²) in [4.78, 5) is 44.8. The lowest BCUT2D eigenvalue weighted by Crippen LogP contribution is -2.49. The van der Waals surface area contributed by atoms with Crippen LogP contribution in [0.1, 0.15) is 20.3 Å². The Balaban J connectivity index is 5.37. The molecule has 2 N–H and O–H groups in total. The predicted octanol–water partition coefficient (Wildman–Crippen LogP) is -0.342. The first-order valence-corrected chi connectivity index (χ1v) is 5.12. The third-order valence-corrected chi connectivity index (χ3v) is 2.07. The monoisotopic (exact) mass is 262 g/mol. The number of esters is 2. The van der Waals surface area contributed by atoms with E-state index in [9.17, 15) is 19.2 Å². The van der Waals surface area contributed by atoms with E-state index in [1.807, 2.05) is 0 Å². The molecule has 0 aromatic carbocycles. The SMILES string of the molecule is CCOC(=O)CC(C(=O)O)(C(=O)O)C(=O)OCC. The Morgan fingerprint density at radius 2 is 1.39 bits per heavy atom. The van der Waals surface area contributed by atoms with Gasteiger partial charge in [0, 0.05) is 0 Å². The number of ether oxygens (including phenoxy) is 2. The fourth-order valence-electron chi connectivity index (χ4n) is 1.17. The molecule has 8 nitrogen and oxygen atoms in total. The van der Waals surface area contributed by atoms with Crippen LogP contribution in [-0.4, -0.2) is 47.3 Å². The Labute approximate surface area is 102 Å². The highest BCUT2D eigenvalue weighted by molar-refractivity contribution is 6.18. The van der Waals surface area contributed by atoms with Crippen molar-refractivity contribution in [3.05, 3.63) is 0 Å². The van der Waals surface area contributed by atoms with Crippen LogP contribution in [0.25, 0.3) is 0 Å². The minimum Gasteiger partial charge on any atom is -0.480 e. The van der Waals surface area contributed by atoms with Gasteiger partial charge < -0.3 is 19.7 Å². The summed E-state index contributed by atoms with van der Waals surface area (Å²) in [5, 5.41) is 17.8. The van der Waals surface area contributed by atoms with Crippen molar-refractivity contribution in [3.8, 4) is 0 Å². The van der Waals surface area contributed by atoms with Gasteiger partial charge in [-0.05, 0) is 13.8 Å². The number of hydrogen-bond acceptors (Lipinski definition) is 6. The second-order valence-corrected chi connectivity index (χ2v) is 3.22. The maximum absolute atomic E-state index is 11.5. The fraction of sp³-hybridized carbons (Fsp3) is 0.600. The molecule has 0 amide bonds. The molecular weight excluding hydrogens is 248 g/mol. The van der Waals surface area contributed by atoms with E-state index in [4.69, 9.17) is 10.2 Å². The number of carboxylic acids is 2. The smallest absolute Gasteiger partial charge is 0.335 e. The van der Waals surface area contributed by atoms with Gasteiger partial charge in [0.05, 0.1) is 19.6 Å². The van der Waals surface area contributed by atoms with Crippen molar-refractivity contribution in [3.63, 3.8) is 0 Å². The Hall–Kier alpha value is -2.12. The van der Waals surface area contributed by atoms with E-state index < -0.39 is 35.7 Å². The standard InChI is InChI=1S/C10H14O8/c1-3-17-6(11)5-10(7(12)13,8(14)15)9(16)18-4-2/h3-5H2,1-2H3,(H,12,13)(H,14,15). The van der Waals surface area contributed by atoms with Crippen LogP contribution in [0.2, 0.25) is 0 Å². The molecule has 0 rings (SSSR count). The van der Waals surface area contributed by atoms with Crippen molar-refractivity contribution in [1.29, 1.82) is 0 Å². The van der Waals surface area contributed by atoms with E-state index in [0.717, 1.165) is 0 Å². The normalized spacial score (nSPS) is 10.6. The molecule has 0 aliphatic heterocycles. The fourth-order valence-corrected chi connectivity index (χ4v) is 1.17. The quantitative estimate of drug-likeness (QED) is 0.471. The summed E-state index contributed by atoms with van der Waals surface area (Å²) in [6, 6.07) is 0. The van der Waals surface area contributed by atoms with E-state index in [1.54, 1.807) is 0 Å². The number of carboxylic acid groups (broad SMARTS) is 2. The average Bonchev–Trinajstić information content (AvgIpc) is 2.25. The van der Waals surface area contributed by atoms with Crippen molar-refractivity contribution < 1.29 is 38.9 Å². The molecule has 0 aliphatic rings. The molecule has 0 aliphatic carbocycles. The number of aliphatic carboxylic acids is 2. The first-order valence-electron chi connectivity index (χ1n) is 5.12. The summed E-state index contributed by atoms with van der Waals surface area (Å²) in [7, 11) is 0. The topological polar surface area (TPSA) is 127 Å². The van der Waals surface area contributed by atoms with E-state index in [1.165, 1.54) is 13.8 Å². The van der Waals surface area contributed by atoms with Crippen LogP contribution in [0.3, 0.4) is 0 Å². The molecule has 0 aromatic rings. The number of carbonyl (C=O) groups excluding carboxylic acids is 2. The van der Waals surface area contributed by atoms with Crippen LogP contribution >= 0.6 is 0 Å². The van der Waals surface area contributed by atoms with Crippen LogP contribution in [0.4, 0.5) is 0 Å². The summed E-state index contributed by atoms with van der Waals surface area (Å²) in [5.41, 5.74) is -2.97. The Bertz CT molecular complexity index is 345.